The molecule has 0 bridgehead atoms. The van der Waals surface area contributed by atoms with Crippen LogP contribution in [0.15, 0.2) is 77.2 Å². The highest BCUT2D eigenvalue weighted by atomic mass is 16.3. The van der Waals surface area contributed by atoms with E-state index in [-0.39, 0.29) is 29.3 Å². The molecule has 2 aromatic rings. The van der Waals surface area contributed by atoms with Crippen LogP contribution in [0.4, 0.5) is 0 Å². The lowest BCUT2D eigenvalue weighted by atomic mass is 9.83. The fourth-order valence-electron chi connectivity index (χ4n) is 4.18. The number of hydrogen-bond donors (Lipinski definition) is 2. The van der Waals surface area contributed by atoms with E-state index in [0.29, 0.717) is 13.1 Å². The maximum Gasteiger partial charge on any atom is 0.275 e. The third-order valence-electron chi connectivity index (χ3n) is 5.49. The summed E-state index contributed by atoms with van der Waals surface area (Å²) in [7, 11) is 0. The number of aliphatic hydroxyl groups is 2. The molecule has 2 aromatic carbocycles. The lowest BCUT2D eigenvalue weighted by Gasteiger charge is -2.45. The van der Waals surface area contributed by atoms with E-state index in [0.717, 1.165) is 17.5 Å². The fraction of sp³-hybridized carbons (Fsp3) is 0.304. The highest BCUT2D eigenvalue weighted by molar-refractivity contribution is 5.96. The smallest absolute Gasteiger partial charge is 0.275 e. The van der Waals surface area contributed by atoms with Crippen molar-refractivity contribution in [1.82, 2.24) is 9.91 Å². The highest BCUT2D eigenvalue weighted by Gasteiger charge is 2.44. The van der Waals surface area contributed by atoms with Gasteiger partial charge in [-0.15, -0.1) is 0 Å². The maximum atomic E-state index is 13.0. The van der Waals surface area contributed by atoms with Crippen LogP contribution in [0, 0.1) is 0 Å². The number of piperazine rings is 1. The van der Waals surface area contributed by atoms with E-state index in [1.165, 1.54) is 6.21 Å². The molecule has 6 nitrogen and oxygen atoms in total. The van der Waals surface area contributed by atoms with Gasteiger partial charge >= 0.3 is 0 Å². The van der Waals surface area contributed by atoms with E-state index >= 15 is 0 Å². The average molecular weight is 391 g/mol. The van der Waals surface area contributed by atoms with Crippen LogP contribution in [0.5, 0.6) is 0 Å². The van der Waals surface area contributed by atoms with E-state index in [9.17, 15) is 15.0 Å². The summed E-state index contributed by atoms with van der Waals surface area (Å²) in [5.41, 5.74) is 2.28. The Balaban J connectivity index is 1.85. The number of hydrogen-bond acceptors (Lipinski definition) is 5. The molecule has 2 atom stereocenters. The molecule has 1 amide bonds. The molecule has 150 valence electrons. The number of aliphatic hydroxyl groups excluding tert-OH is 2. The van der Waals surface area contributed by atoms with Gasteiger partial charge in [0, 0.05) is 19.0 Å². The molecule has 1 saturated heterocycles. The van der Waals surface area contributed by atoms with Crippen LogP contribution in [0.25, 0.3) is 0 Å². The number of nitrogens with zero attached hydrogens (tertiary/aromatic N) is 3. The molecule has 1 fully saturated rings. The minimum absolute atomic E-state index is 0.0694. The minimum Gasteiger partial charge on any atom is -0.507 e. The van der Waals surface area contributed by atoms with Crippen molar-refractivity contribution in [3.8, 4) is 0 Å². The molecule has 4 rings (SSSR count). The van der Waals surface area contributed by atoms with Crippen LogP contribution < -0.4 is 0 Å². The number of hydrazone groups is 1. The lowest BCUT2D eigenvalue weighted by molar-refractivity contribution is -0.134. The second kappa shape index (κ2) is 8.09. The van der Waals surface area contributed by atoms with E-state index in [1.807, 2.05) is 43.3 Å². The first kappa shape index (κ1) is 19.2. The van der Waals surface area contributed by atoms with Gasteiger partial charge in [-0.1, -0.05) is 67.6 Å². The highest BCUT2D eigenvalue weighted by Crippen LogP contribution is 2.37. The van der Waals surface area contributed by atoms with Crippen LogP contribution in [0.2, 0.25) is 0 Å². The number of carbonyl (C=O) groups excluding carboxylic acids is 1. The van der Waals surface area contributed by atoms with Gasteiger partial charge in [0.25, 0.3) is 5.91 Å². The molecule has 0 saturated carbocycles. The Labute approximate surface area is 170 Å². The molecule has 0 radical (unpaired) electrons. The molecule has 0 spiro atoms. The zero-order valence-electron chi connectivity index (χ0n) is 16.3. The van der Waals surface area contributed by atoms with Crippen LogP contribution >= 0.6 is 0 Å². The summed E-state index contributed by atoms with van der Waals surface area (Å²) in [4.78, 5) is 14.8. The Bertz CT molecular complexity index is 887. The minimum atomic E-state index is -1.26. The van der Waals surface area contributed by atoms with Crippen molar-refractivity contribution >= 4 is 12.1 Å². The van der Waals surface area contributed by atoms with Crippen molar-refractivity contribution in [2.75, 3.05) is 13.1 Å². The molecule has 29 heavy (non-hydrogen) atoms. The Hall–Kier alpha value is -3.12. The van der Waals surface area contributed by atoms with E-state index in [1.54, 1.807) is 9.91 Å². The molecule has 2 aliphatic rings. The van der Waals surface area contributed by atoms with E-state index < -0.39 is 6.10 Å². The molecule has 2 aliphatic heterocycles. The number of carbonyl (C=O) groups is 1. The average Bonchev–Trinajstić information content (AvgIpc) is 2.75. The van der Waals surface area contributed by atoms with Gasteiger partial charge in [0.2, 0.25) is 0 Å². The van der Waals surface area contributed by atoms with Crippen LogP contribution in [0.1, 0.15) is 30.4 Å². The zero-order chi connectivity index (χ0) is 20.4. The molecule has 2 unspecified atom stereocenters. The second-order valence-electron chi connectivity index (χ2n) is 7.41. The second-order valence-corrected chi connectivity index (χ2v) is 7.41. The topological polar surface area (TPSA) is 76.4 Å². The standard InChI is InChI=1S/C23H25N3O3/c1-2-13-25-15-18(26-21(23(25)29)22(28)19(27)14-24-26)20(16-9-5-3-6-10-16)17-11-7-4-8-12-17/h3-12,14,18-20,27-28H,2,13,15H2,1H3. The SMILES string of the molecule is CCCN1CC(C(c2ccccc2)c2ccccc2)N2N=CC(O)C(O)=C2C1=O. The Kier molecular flexibility index (Phi) is 5.36. The van der Waals surface area contributed by atoms with Crippen LogP contribution in [-0.2, 0) is 4.79 Å². The van der Waals surface area contributed by atoms with Gasteiger partial charge in [0.1, 0.15) is 6.10 Å². The largest absolute Gasteiger partial charge is 0.507 e. The third kappa shape index (κ3) is 3.51. The van der Waals surface area contributed by atoms with Crippen molar-refractivity contribution < 1.29 is 15.0 Å². The summed E-state index contributed by atoms with van der Waals surface area (Å²) in [6.45, 7) is 3.07. The summed E-state index contributed by atoms with van der Waals surface area (Å²) >= 11 is 0. The van der Waals surface area contributed by atoms with Gasteiger partial charge in [0.15, 0.2) is 11.5 Å². The van der Waals surface area contributed by atoms with Crippen molar-refractivity contribution in [3.63, 3.8) is 0 Å². The predicted octanol–water partition coefficient (Wildman–Crippen LogP) is 2.87. The molecule has 0 aliphatic carbocycles. The van der Waals surface area contributed by atoms with Crippen LogP contribution in [0.3, 0.4) is 0 Å². The Morgan fingerprint density at radius 2 is 1.66 bits per heavy atom. The summed E-state index contributed by atoms with van der Waals surface area (Å²) in [5.74, 6) is -0.702. The summed E-state index contributed by atoms with van der Waals surface area (Å²) in [6.07, 6.45) is 0.820. The number of benzene rings is 2. The Morgan fingerprint density at radius 1 is 1.07 bits per heavy atom. The van der Waals surface area contributed by atoms with Crippen molar-refractivity contribution in [1.29, 1.82) is 0 Å². The normalized spacial score (nSPS) is 21.7. The fourth-order valence-corrected chi connectivity index (χ4v) is 4.18. The predicted molar refractivity (Wildman–Crippen MR) is 111 cm³/mol. The van der Waals surface area contributed by atoms with Gasteiger partial charge in [-0.3, -0.25) is 9.80 Å². The van der Waals surface area contributed by atoms with Gasteiger partial charge in [0.05, 0.1) is 12.3 Å². The first-order valence-electron chi connectivity index (χ1n) is 9.95. The third-order valence-corrected chi connectivity index (χ3v) is 5.49. The summed E-state index contributed by atoms with van der Waals surface area (Å²) in [6, 6.07) is 20.0. The molecule has 6 heteroatoms. The van der Waals surface area contributed by atoms with E-state index in [4.69, 9.17) is 0 Å². The van der Waals surface area contributed by atoms with Gasteiger partial charge in [-0.25, -0.2) is 0 Å². The van der Waals surface area contributed by atoms with Crippen LogP contribution in [-0.4, -0.2) is 57.5 Å². The lowest BCUT2D eigenvalue weighted by Crippen LogP contribution is -2.57. The first-order chi connectivity index (χ1) is 14.1. The van der Waals surface area contributed by atoms with Crippen molar-refractivity contribution in [2.24, 2.45) is 5.10 Å². The monoisotopic (exact) mass is 391 g/mol. The zero-order valence-corrected chi connectivity index (χ0v) is 16.3. The number of rotatable bonds is 5. The van der Waals surface area contributed by atoms with Crippen molar-refractivity contribution in [3.05, 3.63) is 83.2 Å². The number of fused-ring (bicyclic) bond motifs is 1. The first-order valence-corrected chi connectivity index (χ1v) is 9.95. The molecule has 2 heterocycles. The number of amides is 1. The summed E-state index contributed by atoms with van der Waals surface area (Å²) in [5, 5.41) is 26.5. The maximum absolute atomic E-state index is 13.0. The molecule has 0 aromatic heterocycles. The molecule has 2 N–H and O–H groups in total. The van der Waals surface area contributed by atoms with Crippen molar-refractivity contribution in [2.45, 2.75) is 31.4 Å². The summed E-state index contributed by atoms with van der Waals surface area (Å²) < 4.78 is 0. The van der Waals surface area contributed by atoms with Gasteiger partial charge in [-0.05, 0) is 17.5 Å². The quantitative estimate of drug-likeness (QED) is 0.822. The molecular weight excluding hydrogens is 366 g/mol. The molecular formula is C23H25N3O3. The van der Waals surface area contributed by atoms with E-state index in [2.05, 4.69) is 29.4 Å². The Morgan fingerprint density at radius 3 is 2.21 bits per heavy atom. The van der Waals surface area contributed by atoms with Gasteiger partial charge in [-0.2, -0.15) is 5.10 Å². The van der Waals surface area contributed by atoms with Gasteiger partial charge < -0.3 is 15.1 Å².